The van der Waals surface area contributed by atoms with Crippen molar-refractivity contribution in [2.24, 2.45) is 5.10 Å². The van der Waals surface area contributed by atoms with E-state index >= 15 is 0 Å². The average Bonchev–Trinajstić information content (AvgIpc) is 3.23. The zero-order chi connectivity index (χ0) is 24.6. The van der Waals surface area contributed by atoms with Crippen molar-refractivity contribution in [2.75, 3.05) is 0 Å². The Bertz CT molecular complexity index is 1450. The van der Waals surface area contributed by atoms with E-state index < -0.39 is 11.9 Å². The second-order valence-electron chi connectivity index (χ2n) is 7.72. The fraction of sp³-hybridized carbons (Fsp3) is 0.125. The quantitative estimate of drug-likeness (QED) is 0.316. The Morgan fingerprint density at radius 3 is 2.44 bits per heavy atom. The van der Waals surface area contributed by atoms with Crippen LogP contribution in [0.3, 0.4) is 0 Å². The number of hydrogen-bond donors (Lipinski definition) is 2. The van der Waals surface area contributed by atoms with Crippen LogP contribution in [0.15, 0.2) is 57.3 Å². The van der Waals surface area contributed by atoms with Gasteiger partial charge in [0.1, 0.15) is 0 Å². The molecular weight excluding hydrogens is 472 g/mol. The molecule has 10 heteroatoms. The van der Waals surface area contributed by atoms with Gasteiger partial charge in [0, 0.05) is 5.69 Å². The molecule has 34 heavy (non-hydrogen) atoms. The summed E-state index contributed by atoms with van der Waals surface area (Å²) in [6, 6.07) is 11.9. The number of aromatic amines is 1. The fourth-order valence-corrected chi connectivity index (χ4v) is 4.48. The monoisotopic (exact) mass is 492 g/mol. The van der Waals surface area contributed by atoms with E-state index in [1.165, 1.54) is 23.0 Å². The van der Waals surface area contributed by atoms with Gasteiger partial charge in [0.15, 0.2) is 4.32 Å². The number of carboxylic acid groups (broad SMARTS) is 1. The predicted molar refractivity (Wildman–Crippen MR) is 137 cm³/mol. The molecule has 0 spiro atoms. The molecule has 2 N–H and O–H groups in total. The molecule has 0 radical (unpaired) electrons. The van der Waals surface area contributed by atoms with Crippen molar-refractivity contribution in [3.8, 4) is 5.69 Å². The van der Waals surface area contributed by atoms with Crippen molar-refractivity contribution in [3.63, 3.8) is 0 Å². The number of amides is 1. The number of nitrogens with one attached hydrogen (secondary N) is 1. The van der Waals surface area contributed by atoms with Gasteiger partial charge in [0.2, 0.25) is 0 Å². The second-order valence-corrected chi connectivity index (χ2v) is 9.40. The molecule has 2 aromatic carbocycles. The maximum atomic E-state index is 13.0. The summed E-state index contributed by atoms with van der Waals surface area (Å²) in [5, 5.41) is 17.3. The number of aromatic carboxylic acids is 1. The minimum absolute atomic E-state index is 0.155. The zero-order valence-electron chi connectivity index (χ0n) is 18.5. The highest BCUT2D eigenvalue weighted by Gasteiger charge is 2.32. The van der Waals surface area contributed by atoms with Gasteiger partial charge in [-0.1, -0.05) is 30.0 Å². The lowest BCUT2D eigenvalue weighted by Crippen LogP contribution is -2.23. The molecule has 1 aromatic heterocycles. The zero-order valence-corrected chi connectivity index (χ0v) is 20.2. The van der Waals surface area contributed by atoms with Gasteiger partial charge in [-0.25, -0.2) is 9.48 Å². The second kappa shape index (κ2) is 9.24. The van der Waals surface area contributed by atoms with E-state index in [-0.39, 0.29) is 15.4 Å². The summed E-state index contributed by atoms with van der Waals surface area (Å²) < 4.78 is 1.67. The van der Waals surface area contributed by atoms with Gasteiger partial charge < -0.3 is 5.11 Å². The molecule has 1 aliphatic heterocycles. The molecule has 0 aliphatic carbocycles. The van der Waals surface area contributed by atoms with E-state index in [0.29, 0.717) is 27.4 Å². The van der Waals surface area contributed by atoms with Gasteiger partial charge in [-0.2, -0.15) is 10.1 Å². The Hall–Kier alpha value is -3.76. The lowest BCUT2D eigenvalue weighted by Gasteiger charge is -2.05. The summed E-state index contributed by atoms with van der Waals surface area (Å²) in [6.45, 7) is 5.73. The number of hydrazone groups is 1. The van der Waals surface area contributed by atoms with E-state index in [2.05, 4.69) is 10.2 Å². The summed E-state index contributed by atoms with van der Waals surface area (Å²) >= 11 is 6.38. The lowest BCUT2D eigenvalue weighted by atomic mass is 10.1. The van der Waals surface area contributed by atoms with Crippen molar-refractivity contribution in [1.29, 1.82) is 0 Å². The van der Waals surface area contributed by atoms with Crippen molar-refractivity contribution in [1.82, 2.24) is 14.8 Å². The lowest BCUT2D eigenvalue weighted by molar-refractivity contribution is -0.122. The van der Waals surface area contributed by atoms with Crippen LogP contribution in [0.2, 0.25) is 0 Å². The number of aromatic nitrogens is 2. The first-order valence-electron chi connectivity index (χ1n) is 10.2. The van der Waals surface area contributed by atoms with Crippen molar-refractivity contribution in [3.05, 3.63) is 91.2 Å². The maximum absolute atomic E-state index is 13.0. The van der Waals surface area contributed by atoms with Gasteiger partial charge in [0.25, 0.3) is 11.5 Å². The molecule has 8 nitrogen and oxygen atoms in total. The molecule has 1 saturated heterocycles. The number of carboxylic acids is 1. The Morgan fingerprint density at radius 2 is 1.79 bits per heavy atom. The summed E-state index contributed by atoms with van der Waals surface area (Å²) in [4.78, 5) is 37.2. The molecule has 2 heterocycles. The topological polar surface area (TPSA) is 108 Å². The summed E-state index contributed by atoms with van der Waals surface area (Å²) in [6.07, 6.45) is 2.95. The predicted octanol–water partition coefficient (Wildman–Crippen LogP) is 4.02. The molecule has 1 fully saturated rings. The number of thioether (sulfide) groups is 1. The molecule has 1 aliphatic rings. The van der Waals surface area contributed by atoms with Crippen LogP contribution in [0.4, 0.5) is 0 Å². The molecule has 0 saturated carbocycles. The summed E-state index contributed by atoms with van der Waals surface area (Å²) in [5.74, 6) is -1.44. The van der Waals surface area contributed by atoms with Crippen LogP contribution < -0.4 is 5.56 Å². The number of thiocarbonyl (C=S) groups is 1. The third kappa shape index (κ3) is 4.50. The van der Waals surface area contributed by atoms with E-state index in [4.69, 9.17) is 17.3 Å². The molecule has 4 rings (SSSR count). The third-order valence-corrected chi connectivity index (χ3v) is 6.68. The van der Waals surface area contributed by atoms with Crippen molar-refractivity contribution in [2.45, 2.75) is 20.8 Å². The molecule has 172 valence electrons. The van der Waals surface area contributed by atoms with Crippen LogP contribution in [-0.4, -0.2) is 42.3 Å². The number of benzene rings is 2. The first kappa shape index (κ1) is 23.4. The Morgan fingerprint density at radius 1 is 1.09 bits per heavy atom. The molecule has 0 atom stereocenters. The van der Waals surface area contributed by atoms with Gasteiger partial charge in [-0.3, -0.25) is 14.7 Å². The van der Waals surface area contributed by atoms with E-state index in [1.54, 1.807) is 25.1 Å². The Labute approximate surface area is 204 Å². The minimum Gasteiger partial charge on any atom is -0.478 e. The largest absolute Gasteiger partial charge is 0.478 e. The van der Waals surface area contributed by atoms with Crippen LogP contribution in [0.5, 0.6) is 0 Å². The molecule has 3 aromatic rings. The van der Waals surface area contributed by atoms with Crippen LogP contribution in [0, 0.1) is 20.8 Å². The number of hydrogen-bond acceptors (Lipinski definition) is 6. The first-order chi connectivity index (χ1) is 16.2. The molecule has 1 amide bonds. The Balaban J connectivity index is 1.58. The van der Waals surface area contributed by atoms with Crippen LogP contribution in [0.1, 0.15) is 38.3 Å². The highest BCUT2D eigenvalue weighted by atomic mass is 32.2. The van der Waals surface area contributed by atoms with E-state index in [1.807, 2.05) is 32.0 Å². The van der Waals surface area contributed by atoms with Crippen LogP contribution >= 0.6 is 24.0 Å². The number of H-pyrrole nitrogens is 1. The van der Waals surface area contributed by atoms with Crippen molar-refractivity contribution >= 4 is 52.5 Å². The van der Waals surface area contributed by atoms with Gasteiger partial charge in [-0.15, -0.1) is 0 Å². The van der Waals surface area contributed by atoms with E-state index in [0.717, 1.165) is 27.9 Å². The maximum Gasteiger partial charge on any atom is 0.335 e. The third-order valence-electron chi connectivity index (χ3n) is 5.40. The first-order valence-corrected chi connectivity index (χ1v) is 11.4. The van der Waals surface area contributed by atoms with Crippen LogP contribution in [0.25, 0.3) is 11.8 Å². The standard InChI is InChI=1S/C24H20N4O4S2/c1-13-4-9-18(10-14(13)2)27-21(29)19(15(3)26-27)12-25-28-22(30)20(34-24(28)33)11-16-5-7-17(8-6-16)23(31)32/h4-12,26H,1-3H3,(H,31,32). The molecule has 0 bridgehead atoms. The van der Waals surface area contributed by atoms with E-state index in [9.17, 15) is 14.4 Å². The number of rotatable bonds is 5. The van der Waals surface area contributed by atoms with Gasteiger partial charge in [-0.05, 0) is 80.0 Å². The molecular formula is C24H20N4O4S2. The van der Waals surface area contributed by atoms with Gasteiger partial charge in [0.05, 0.1) is 27.9 Å². The SMILES string of the molecule is Cc1ccc(-n2[nH]c(C)c(C=NN3C(=O)C(=Cc4ccc(C(=O)O)cc4)SC3=S)c2=O)cc1C. The Kier molecular flexibility index (Phi) is 6.36. The summed E-state index contributed by atoms with van der Waals surface area (Å²) in [7, 11) is 0. The smallest absolute Gasteiger partial charge is 0.335 e. The number of nitrogens with zero attached hydrogens (tertiary/aromatic N) is 3. The normalized spacial score (nSPS) is 15.1. The number of carbonyl (C=O) groups is 2. The molecule has 0 unspecified atom stereocenters. The van der Waals surface area contributed by atoms with Crippen LogP contribution in [-0.2, 0) is 4.79 Å². The number of carbonyl (C=O) groups excluding carboxylic acids is 1. The average molecular weight is 493 g/mol. The van der Waals surface area contributed by atoms with Gasteiger partial charge >= 0.3 is 5.97 Å². The summed E-state index contributed by atoms with van der Waals surface area (Å²) in [5.41, 5.74) is 4.35. The van der Waals surface area contributed by atoms with Crippen molar-refractivity contribution < 1.29 is 14.7 Å². The minimum atomic E-state index is -1.02. The highest BCUT2D eigenvalue weighted by Crippen LogP contribution is 2.32. The fourth-order valence-electron chi connectivity index (χ4n) is 3.31. The number of aryl methyl sites for hydroxylation is 3. The highest BCUT2D eigenvalue weighted by molar-refractivity contribution is 8.26.